The molecule has 0 spiro atoms. The molecular weight excluding hydrogens is 885 g/mol. The number of piperidine rings is 1. The van der Waals surface area contributed by atoms with Gasteiger partial charge in [-0.1, -0.05) is 13.8 Å². The molecule has 26 nitrogen and oxygen atoms in total. The molecule has 374 valence electrons. The quantitative estimate of drug-likeness (QED) is 0.0284. The van der Waals surface area contributed by atoms with Crippen LogP contribution in [-0.2, 0) is 57.5 Å². The summed E-state index contributed by atoms with van der Waals surface area (Å²) in [6.45, 7) is 3.63. The van der Waals surface area contributed by atoms with Gasteiger partial charge in [-0.15, -0.1) is 0 Å². The van der Waals surface area contributed by atoms with Gasteiger partial charge in [0.2, 0.25) is 59.1 Å². The van der Waals surface area contributed by atoms with E-state index < -0.39 is 145 Å². The highest BCUT2D eigenvalue weighted by atomic mass is 16.4. The minimum Gasteiger partial charge on any atom is -0.480 e. The Balaban J connectivity index is 1.54. The van der Waals surface area contributed by atoms with Gasteiger partial charge in [-0.3, -0.25) is 57.6 Å². The molecule has 26 heteroatoms. The molecule has 3 rings (SSSR count). The van der Waals surface area contributed by atoms with E-state index in [-0.39, 0.29) is 57.5 Å². The van der Waals surface area contributed by atoms with Gasteiger partial charge < -0.3 is 69.1 Å². The number of nitrogens with two attached hydrogens (primary N) is 2. The average molecular weight is 951 g/mol. The monoisotopic (exact) mass is 950 g/mol. The molecule has 8 atom stereocenters. The number of nitrogens with one attached hydrogen (secondary N) is 8. The molecule has 0 saturated carbocycles. The average Bonchev–Trinajstić information content (AvgIpc) is 3.82. The zero-order valence-corrected chi connectivity index (χ0v) is 38.1. The zero-order chi connectivity index (χ0) is 50.0. The van der Waals surface area contributed by atoms with Crippen LogP contribution in [-0.4, -0.2) is 179 Å². The Morgan fingerprint density at radius 1 is 0.806 bits per heavy atom. The highest BCUT2D eigenvalue weighted by molar-refractivity contribution is 6.09. The van der Waals surface area contributed by atoms with Crippen LogP contribution in [0.15, 0.2) is 0 Å². The summed E-state index contributed by atoms with van der Waals surface area (Å²) in [4.78, 5) is 156. The summed E-state index contributed by atoms with van der Waals surface area (Å²) in [5, 5.41) is 39.0. The highest BCUT2D eigenvalue weighted by Crippen LogP contribution is 2.19. The van der Waals surface area contributed by atoms with Crippen molar-refractivity contribution in [2.24, 2.45) is 17.4 Å². The molecule has 0 radical (unpaired) electrons. The Morgan fingerprint density at radius 3 is 2.13 bits per heavy atom. The van der Waals surface area contributed by atoms with Crippen molar-refractivity contribution in [2.75, 3.05) is 39.3 Å². The summed E-state index contributed by atoms with van der Waals surface area (Å²) in [5.74, 6) is -10.1. The summed E-state index contributed by atoms with van der Waals surface area (Å²) in [7, 11) is 0. The van der Waals surface area contributed by atoms with E-state index in [1.165, 1.54) is 11.8 Å². The largest absolute Gasteiger partial charge is 0.480 e. The minimum atomic E-state index is -1.47. The van der Waals surface area contributed by atoms with Crippen LogP contribution in [0.5, 0.6) is 0 Å². The first-order valence-corrected chi connectivity index (χ1v) is 22.4. The second kappa shape index (κ2) is 26.8. The number of likely N-dealkylation sites (tertiary alicyclic amines) is 2. The normalized spacial score (nSPS) is 21.0. The number of aliphatic hydroxyl groups is 1. The summed E-state index contributed by atoms with van der Waals surface area (Å²) in [5.41, 5.74) is 10.7. The van der Waals surface area contributed by atoms with Crippen molar-refractivity contribution in [2.45, 2.75) is 140 Å². The first kappa shape index (κ1) is 55.1. The van der Waals surface area contributed by atoms with Crippen molar-refractivity contribution >= 4 is 70.9 Å². The molecule has 14 N–H and O–H groups in total. The van der Waals surface area contributed by atoms with Gasteiger partial charge in [-0.2, -0.15) is 0 Å². The van der Waals surface area contributed by atoms with E-state index in [0.29, 0.717) is 37.1 Å². The molecule has 3 aliphatic heterocycles. The summed E-state index contributed by atoms with van der Waals surface area (Å²) >= 11 is 0. The lowest BCUT2D eigenvalue weighted by Gasteiger charge is -2.35. The first-order valence-electron chi connectivity index (χ1n) is 22.4. The summed E-state index contributed by atoms with van der Waals surface area (Å²) < 4.78 is 0. The molecule has 3 fully saturated rings. The standard InChI is InChI=1S/C41H66N12O14/c1-21(2)14-27(38(63)47-22(3)35(60)46-19-34(59)52-13-7-5-9-29(52)39(64)50-25(41(66)67)8-4-6-12-42)49-32(57)20-53-33(58)16-28(40(53)65)51-37(62)24(10-11-30(43)55)48-31(56)18-45-36(61)26-15-23(54)17-44-26/h21-29,44,54H,4-20,42H2,1-3H3,(H2,43,55)(H,45,61)(H,46,60)(H,47,63)(H,48,56)(H,49,57)(H,50,64)(H,51,62)(H,66,67)/t22-,23+,24-,25-,26-,27-,28-,29-/m0/s1. The first-order chi connectivity index (χ1) is 31.6. The van der Waals surface area contributed by atoms with E-state index in [9.17, 15) is 67.7 Å². The number of aliphatic carboxylic acids is 1. The zero-order valence-electron chi connectivity index (χ0n) is 38.1. The van der Waals surface area contributed by atoms with Gasteiger partial charge in [0.15, 0.2) is 0 Å². The molecule has 3 aliphatic rings. The van der Waals surface area contributed by atoms with Gasteiger partial charge in [0.1, 0.15) is 42.8 Å². The molecule has 67 heavy (non-hydrogen) atoms. The molecule has 11 amide bonds. The Labute approximate surface area is 386 Å². The third kappa shape index (κ3) is 17.8. The number of β-amino-alcohol motifs (C(OH)–C–C–N with tert-alkyl or cyclic N) is 1. The van der Waals surface area contributed by atoms with Gasteiger partial charge in [0.25, 0.3) is 5.91 Å². The van der Waals surface area contributed by atoms with Crippen LogP contribution in [0.4, 0.5) is 0 Å². The SMILES string of the molecule is CC(C)C[C@H](NC(=O)CN1C(=O)C[C@H](NC(=O)[C@H](CCC(N)=O)NC(=O)CNC(=O)[C@@H]2C[C@@H](O)CN2)C1=O)C(=O)N[C@@H](C)C(=O)NCC(=O)N1CCCC[C@H]1C(=O)N[C@@H](CCCCN)C(=O)O. The van der Waals surface area contributed by atoms with Crippen molar-refractivity contribution in [3.63, 3.8) is 0 Å². The Morgan fingerprint density at radius 2 is 1.51 bits per heavy atom. The molecular formula is C41H66N12O14. The molecule has 3 saturated heterocycles. The maximum atomic E-state index is 13.4. The molecule has 0 bridgehead atoms. The number of nitrogens with zero attached hydrogens (tertiary/aromatic N) is 2. The number of carbonyl (C=O) groups is 12. The molecule has 0 aliphatic carbocycles. The van der Waals surface area contributed by atoms with Gasteiger partial charge >= 0.3 is 5.97 Å². The molecule has 0 unspecified atom stereocenters. The number of carbonyl (C=O) groups excluding carboxylic acids is 11. The van der Waals surface area contributed by atoms with Crippen LogP contribution in [0.2, 0.25) is 0 Å². The maximum absolute atomic E-state index is 13.4. The Kier molecular flexibility index (Phi) is 22.0. The fraction of sp³-hybridized carbons (Fsp3) is 0.707. The number of unbranched alkanes of at least 4 members (excludes halogenated alkanes) is 1. The number of carboxylic acids is 1. The van der Waals surface area contributed by atoms with Crippen LogP contribution in [0.3, 0.4) is 0 Å². The van der Waals surface area contributed by atoms with Gasteiger partial charge in [0.05, 0.1) is 31.7 Å². The molecule has 0 aromatic rings. The lowest BCUT2D eigenvalue weighted by molar-refractivity contribution is -0.146. The van der Waals surface area contributed by atoms with E-state index in [2.05, 4.69) is 42.5 Å². The number of amides is 11. The van der Waals surface area contributed by atoms with E-state index in [1.54, 1.807) is 13.8 Å². The number of rotatable bonds is 26. The second-order valence-electron chi connectivity index (χ2n) is 17.3. The number of hydrogen-bond acceptors (Lipinski definition) is 15. The Bertz CT molecular complexity index is 1870. The fourth-order valence-corrected chi connectivity index (χ4v) is 7.65. The van der Waals surface area contributed by atoms with Crippen molar-refractivity contribution in [1.29, 1.82) is 0 Å². The van der Waals surface area contributed by atoms with Crippen molar-refractivity contribution in [1.82, 2.24) is 52.3 Å². The third-order valence-electron chi connectivity index (χ3n) is 11.3. The van der Waals surface area contributed by atoms with Crippen molar-refractivity contribution < 1.29 is 67.7 Å². The summed E-state index contributed by atoms with van der Waals surface area (Å²) in [6.07, 6.45) is 0.916. The number of hydrogen-bond donors (Lipinski definition) is 12. The number of aliphatic hydroxyl groups excluding tert-OH is 1. The topological polar surface area (TPSA) is 400 Å². The number of primary amides is 1. The third-order valence-corrected chi connectivity index (χ3v) is 11.3. The van der Waals surface area contributed by atoms with Crippen LogP contribution in [0.1, 0.15) is 91.4 Å². The van der Waals surface area contributed by atoms with Crippen LogP contribution >= 0.6 is 0 Å². The number of carboxylic acid groups (broad SMARTS) is 1. The van der Waals surface area contributed by atoms with E-state index in [0.717, 1.165) is 0 Å². The van der Waals surface area contributed by atoms with Crippen molar-refractivity contribution in [3.8, 4) is 0 Å². The van der Waals surface area contributed by atoms with Gasteiger partial charge in [0, 0.05) is 19.5 Å². The smallest absolute Gasteiger partial charge is 0.326 e. The van der Waals surface area contributed by atoms with Gasteiger partial charge in [-0.25, -0.2) is 4.79 Å². The fourth-order valence-electron chi connectivity index (χ4n) is 7.65. The maximum Gasteiger partial charge on any atom is 0.326 e. The number of imide groups is 1. The second-order valence-corrected chi connectivity index (χ2v) is 17.3. The predicted octanol–water partition coefficient (Wildman–Crippen LogP) is -5.95. The Hall–Kier alpha value is -6.28. The van der Waals surface area contributed by atoms with E-state index in [4.69, 9.17) is 11.5 Å². The van der Waals surface area contributed by atoms with Crippen LogP contribution in [0, 0.1) is 5.92 Å². The lowest BCUT2D eigenvalue weighted by atomic mass is 10.00. The lowest BCUT2D eigenvalue weighted by Crippen LogP contribution is -2.57. The van der Waals surface area contributed by atoms with E-state index >= 15 is 0 Å². The molecule has 0 aromatic heterocycles. The minimum absolute atomic E-state index is 0.0574. The van der Waals surface area contributed by atoms with Crippen LogP contribution in [0.25, 0.3) is 0 Å². The van der Waals surface area contributed by atoms with E-state index in [1.807, 2.05) is 0 Å². The summed E-state index contributed by atoms with van der Waals surface area (Å²) in [6, 6.07) is -8.25. The van der Waals surface area contributed by atoms with Crippen LogP contribution < -0.4 is 54.0 Å². The predicted molar refractivity (Wildman–Crippen MR) is 233 cm³/mol. The molecule has 3 heterocycles. The van der Waals surface area contributed by atoms with Gasteiger partial charge in [-0.05, 0) is 77.2 Å². The molecule has 0 aromatic carbocycles. The van der Waals surface area contributed by atoms with Crippen molar-refractivity contribution in [3.05, 3.63) is 0 Å². The highest BCUT2D eigenvalue weighted by Gasteiger charge is 2.42.